The molecule has 0 aliphatic heterocycles. The molecule has 0 radical (unpaired) electrons. The summed E-state index contributed by atoms with van der Waals surface area (Å²) in [7, 11) is 4.07. The van der Waals surface area contributed by atoms with Crippen molar-refractivity contribution in [2.75, 3.05) is 37.4 Å². The Morgan fingerprint density at radius 1 is 1.07 bits per heavy atom. The number of rotatable bonds is 8. The number of nitrogens with one attached hydrogen (secondary N) is 1. The van der Waals surface area contributed by atoms with Gasteiger partial charge in [0.25, 0.3) is 0 Å². The zero-order chi connectivity index (χ0) is 20.0. The average Bonchev–Trinajstić information content (AvgIpc) is 2.63. The number of para-hydroxylation sites is 1. The van der Waals surface area contributed by atoms with Crippen molar-refractivity contribution in [1.29, 1.82) is 0 Å². The molecule has 2 rings (SSSR count). The normalized spacial score (nSPS) is 11.1. The van der Waals surface area contributed by atoms with Crippen LogP contribution in [0.15, 0.2) is 42.5 Å². The number of nitrogens with zero attached hydrogens (tertiary/aromatic N) is 2. The predicted molar refractivity (Wildman–Crippen MR) is 116 cm³/mol. The SMILES string of the molecule is CCN(CC(=O)Nc1c(C)cccc1C(C)C)Cc1ccc(N(C)C)cc1. The molecule has 1 N–H and O–H groups in total. The molecule has 0 aliphatic carbocycles. The van der Waals surface area contributed by atoms with Gasteiger partial charge in [0.05, 0.1) is 6.54 Å². The summed E-state index contributed by atoms with van der Waals surface area (Å²) in [6, 6.07) is 14.7. The zero-order valence-corrected chi connectivity index (χ0v) is 17.5. The lowest BCUT2D eigenvalue weighted by Crippen LogP contribution is -2.33. The molecule has 2 aromatic rings. The molecular weight excluding hydrogens is 334 g/mol. The maximum Gasteiger partial charge on any atom is 0.238 e. The second-order valence-electron chi connectivity index (χ2n) is 7.61. The molecule has 4 heteroatoms. The highest BCUT2D eigenvalue weighted by atomic mass is 16.2. The van der Waals surface area contributed by atoms with Crippen LogP contribution in [-0.4, -0.2) is 38.0 Å². The van der Waals surface area contributed by atoms with E-state index in [4.69, 9.17) is 0 Å². The van der Waals surface area contributed by atoms with Crippen molar-refractivity contribution >= 4 is 17.3 Å². The van der Waals surface area contributed by atoms with Crippen LogP contribution in [0.1, 0.15) is 43.4 Å². The Morgan fingerprint density at radius 3 is 2.30 bits per heavy atom. The van der Waals surface area contributed by atoms with Crippen LogP contribution in [-0.2, 0) is 11.3 Å². The fourth-order valence-electron chi connectivity index (χ4n) is 3.16. The molecule has 0 aromatic heterocycles. The van der Waals surface area contributed by atoms with Gasteiger partial charge in [0.15, 0.2) is 0 Å². The van der Waals surface area contributed by atoms with Crippen molar-refractivity contribution < 1.29 is 4.79 Å². The maximum atomic E-state index is 12.7. The molecule has 0 bridgehead atoms. The third kappa shape index (κ3) is 5.83. The predicted octanol–water partition coefficient (Wildman–Crippen LogP) is 4.65. The first kappa shape index (κ1) is 21.0. The summed E-state index contributed by atoms with van der Waals surface area (Å²) in [5.41, 5.74) is 5.65. The number of anilines is 2. The minimum absolute atomic E-state index is 0.0398. The van der Waals surface area contributed by atoms with Gasteiger partial charge in [-0.2, -0.15) is 0 Å². The molecule has 2 aromatic carbocycles. The summed E-state index contributed by atoms with van der Waals surface area (Å²) in [5, 5.41) is 3.15. The fraction of sp³-hybridized carbons (Fsp3) is 0.435. The molecule has 0 aliphatic rings. The van der Waals surface area contributed by atoms with Crippen LogP contribution in [0.25, 0.3) is 0 Å². The van der Waals surface area contributed by atoms with E-state index in [1.165, 1.54) is 16.8 Å². The van der Waals surface area contributed by atoms with Crippen LogP contribution < -0.4 is 10.2 Å². The van der Waals surface area contributed by atoms with Gasteiger partial charge in [-0.05, 0) is 48.2 Å². The highest BCUT2D eigenvalue weighted by molar-refractivity contribution is 5.93. The lowest BCUT2D eigenvalue weighted by Gasteiger charge is -2.22. The van der Waals surface area contributed by atoms with Crippen molar-refractivity contribution in [3.05, 3.63) is 59.2 Å². The Kier molecular flexibility index (Phi) is 7.43. The number of aryl methyl sites for hydroxylation is 1. The molecular formula is C23H33N3O. The van der Waals surface area contributed by atoms with Gasteiger partial charge in [0, 0.05) is 32.0 Å². The Morgan fingerprint density at radius 2 is 1.74 bits per heavy atom. The third-order valence-corrected chi connectivity index (χ3v) is 4.86. The lowest BCUT2D eigenvalue weighted by molar-refractivity contribution is -0.117. The molecule has 0 spiro atoms. The fourth-order valence-corrected chi connectivity index (χ4v) is 3.16. The van der Waals surface area contributed by atoms with Crippen molar-refractivity contribution in [1.82, 2.24) is 4.90 Å². The molecule has 0 atom stereocenters. The van der Waals surface area contributed by atoms with E-state index in [-0.39, 0.29) is 5.91 Å². The van der Waals surface area contributed by atoms with E-state index in [1.807, 2.05) is 27.1 Å². The van der Waals surface area contributed by atoms with E-state index in [2.05, 4.69) is 72.3 Å². The standard InChI is InChI=1S/C23H33N3O/c1-7-26(15-19-11-13-20(14-12-19)25(5)6)16-22(27)24-23-18(4)9-8-10-21(23)17(2)3/h8-14,17H,7,15-16H2,1-6H3,(H,24,27). The highest BCUT2D eigenvalue weighted by Gasteiger charge is 2.14. The van der Waals surface area contributed by atoms with Gasteiger partial charge >= 0.3 is 0 Å². The minimum Gasteiger partial charge on any atom is -0.378 e. The van der Waals surface area contributed by atoms with Gasteiger partial charge in [-0.25, -0.2) is 0 Å². The van der Waals surface area contributed by atoms with E-state index < -0.39 is 0 Å². The van der Waals surface area contributed by atoms with Crippen molar-refractivity contribution in [3.8, 4) is 0 Å². The molecule has 4 nitrogen and oxygen atoms in total. The molecule has 1 amide bonds. The van der Waals surface area contributed by atoms with Crippen LogP contribution >= 0.6 is 0 Å². The summed E-state index contributed by atoms with van der Waals surface area (Å²) >= 11 is 0. The van der Waals surface area contributed by atoms with E-state index in [0.29, 0.717) is 12.5 Å². The van der Waals surface area contributed by atoms with Crippen LogP contribution in [0.2, 0.25) is 0 Å². The molecule has 0 saturated heterocycles. The van der Waals surface area contributed by atoms with Crippen LogP contribution in [0, 0.1) is 6.92 Å². The monoisotopic (exact) mass is 367 g/mol. The summed E-state index contributed by atoms with van der Waals surface area (Å²) in [6.07, 6.45) is 0. The van der Waals surface area contributed by atoms with Gasteiger partial charge in [0.2, 0.25) is 5.91 Å². The van der Waals surface area contributed by atoms with E-state index in [9.17, 15) is 4.79 Å². The van der Waals surface area contributed by atoms with Crippen LogP contribution in [0.3, 0.4) is 0 Å². The molecule has 0 saturated carbocycles. The number of hydrogen-bond donors (Lipinski definition) is 1. The third-order valence-electron chi connectivity index (χ3n) is 4.86. The molecule has 27 heavy (non-hydrogen) atoms. The largest absolute Gasteiger partial charge is 0.378 e. The molecule has 0 unspecified atom stereocenters. The van der Waals surface area contributed by atoms with Gasteiger partial charge in [-0.3, -0.25) is 9.69 Å². The highest BCUT2D eigenvalue weighted by Crippen LogP contribution is 2.27. The van der Waals surface area contributed by atoms with Crippen molar-refractivity contribution in [2.24, 2.45) is 0 Å². The Bertz CT molecular complexity index is 751. The Labute approximate surface area is 164 Å². The molecule has 146 valence electrons. The second-order valence-corrected chi connectivity index (χ2v) is 7.61. The van der Waals surface area contributed by atoms with E-state index >= 15 is 0 Å². The number of carbonyl (C=O) groups excluding carboxylic acids is 1. The number of carbonyl (C=O) groups is 1. The summed E-state index contributed by atoms with van der Waals surface area (Å²) < 4.78 is 0. The molecule has 0 heterocycles. The lowest BCUT2D eigenvalue weighted by atomic mass is 9.98. The number of amides is 1. The first-order chi connectivity index (χ1) is 12.8. The smallest absolute Gasteiger partial charge is 0.238 e. The van der Waals surface area contributed by atoms with Gasteiger partial charge in [-0.15, -0.1) is 0 Å². The summed E-state index contributed by atoms with van der Waals surface area (Å²) in [4.78, 5) is 16.9. The van der Waals surface area contributed by atoms with Gasteiger partial charge < -0.3 is 10.2 Å². The number of likely N-dealkylation sites (N-methyl/N-ethyl adjacent to an activating group) is 1. The minimum atomic E-state index is 0.0398. The number of hydrogen-bond acceptors (Lipinski definition) is 3. The van der Waals surface area contributed by atoms with Gasteiger partial charge in [-0.1, -0.05) is 51.1 Å². The van der Waals surface area contributed by atoms with Crippen LogP contribution in [0.5, 0.6) is 0 Å². The van der Waals surface area contributed by atoms with Gasteiger partial charge in [0.1, 0.15) is 0 Å². The number of benzene rings is 2. The zero-order valence-electron chi connectivity index (χ0n) is 17.5. The van der Waals surface area contributed by atoms with Crippen molar-refractivity contribution in [2.45, 2.75) is 40.2 Å². The quantitative estimate of drug-likeness (QED) is 0.738. The second kappa shape index (κ2) is 9.56. The topological polar surface area (TPSA) is 35.6 Å². The Balaban J connectivity index is 2.03. The molecule has 0 fully saturated rings. The van der Waals surface area contributed by atoms with E-state index in [1.54, 1.807) is 0 Å². The first-order valence-corrected chi connectivity index (χ1v) is 9.69. The maximum absolute atomic E-state index is 12.7. The first-order valence-electron chi connectivity index (χ1n) is 9.69. The average molecular weight is 368 g/mol. The van der Waals surface area contributed by atoms with E-state index in [0.717, 1.165) is 24.3 Å². The van der Waals surface area contributed by atoms with Crippen molar-refractivity contribution in [3.63, 3.8) is 0 Å². The Hall–Kier alpha value is -2.33. The van der Waals surface area contributed by atoms with Crippen LogP contribution in [0.4, 0.5) is 11.4 Å². The summed E-state index contributed by atoms with van der Waals surface area (Å²) in [5.74, 6) is 0.413. The summed E-state index contributed by atoms with van der Waals surface area (Å²) in [6.45, 7) is 10.4.